The van der Waals surface area contributed by atoms with Gasteiger partial charge in [-0.1, -0.05) is 11.6 Å². The number of carbonyl (C=O) groups excluding carboxylic acids is 2. The number of ether oxygens (including phenoxy) is 1. The van der Waals surface area contributed by atoms with E-state index < -0.39 is 0 Å². The molecule has 1 aliphatic rings. The molecule has 22 heavy (non-hydrogen) atoms. The minimum absolute atomic E-state index is 0.0480. The Hall–Kier alpha value is -2.01. The zero-order chi connectivity index (χ0) is 16.1. The molecule has 0 aliphatic heterocycles. The van der Waals surface area contributed by atoms with Gasteiger partial charge in [0.05, 0.1) is 13.7 Å². The van der Waals surface area contributed by atoms with Crippen LogP contribution in [0.4, 0.5) is 0 Å². The summed E-state index contributed by atoms with van der Waals surface area (Å²) in [5.41, 5.74) is 0.708. The molecule has 5 nitrogen and oxygen atoms in total. The van der Waals surface area contributed by atoms with E-state index in [0.717, 1.165) is 12.8 Å². The summed E-state index contributed by atoms with van der Waals surface area (Å²) in [5.74, 6) is 0.239. The molecule has 0 saturated heterocycles. The summed E-state index contributed by atoms with van der Waals surface area (Å²) >= 11 is 5.94. The molecule has 0 heterocycles. The number of amides is 2. The number of nitrogens with zero attached hydrogens (tertiary/aromatic N) is 1. The summed E-state index contributed by atoms with van der Waals surface area (Å²) in [6.07, 6.45) is 5.08. The van der Waals surface area contributed by atoms with Gasteiger partial charge < -0.3 is 15.0 Å². The maximum Gasteiger partial charge on any atom is 0.246 e. The van der Waals surface area contributed by atoms with E-state index >= 15 is 0 Å². The topological polar surface area (TPSA) is 58.6 Å². The summed E-state index contributed by atoms with van der Waals surface area (Å²) in [6.45, 7) is 0.0480. The van der Waals surface area contributed by atoms with Gasteiger partial charge in [-0.25, -0.2) is 0 Å². The molecule has 1 aromatic carbocycles. The van der Waals surface area contributed by atoms with E-state index in [-0.39, 0.29) is 18.4 Å². The van der Waals surface area contributed by atoms with Crippen molar-refractivity contribution < 1.29 is 14.3 Å². The fraction of sp³-hybridized carbons (Fsp3) is 0.375. The van der Waals surface area contributed by atoms with Gasteiger partial charge in [0.15, 0.2) is 0 Å². The predicted molar refractivity (Wildman–Crippen MR) is 85.8 cm³/mol. The van der Waals surface area contributed by atoms with Gasteiger partial charge in [-0.05, 0) is 37.1 Å². The molecular formula is C16H19ClN2O3. The molecule has 0 bridgehead atoms. The monoisotopic (exact) mass is 322 g/mol. The Morgan fingerprint density at radius 2 is 2.18 bits per heavy atom. The van der Waals surface area contributed by atoms with Crippen LogP contribution in [-0.2, 0) is 9.59 Å². The van der Waals surface area contributed by atoms with Crippen LogP contribution < -0.4 is 10.1 Å². The van der Waals surface area contributed by atoms with E-state index in [4.69, 9.17) is 16.3 Å². The molecule has 0 spiro atoms. The molecule has 0 atom stereocenters. The Morgan fingerprint density at radius 3 is 2.82 bits per heavy atom. The number of carbonyl (C=O) groups is 2. The van der Waals surface area contributed by atoms with E-state index in [1.807, 2.05) is 0 Å². The van der Waals surface area contributed by atoms with Gasteiger partial charge >= 0.3 is 0 Å². The van der Waals surface area contributed by atoms with Crippen molar-refractivity contribution in [3.05, 3.63) is 34.9 Å². The number of nitrogens with one attached hydrogen (secondary N) is 1. The molecule has 0 radical (unpaired) electrons. The molecular weight excluding hydrogens is 304 g/mol. The first kappa shape index (κ1) is 16.4. The zero-order valence-electron chi connectivity index (χ0n) is 12.6. The summed E-state index contributed by atoms with van der Waals surface area (Å²) in [7, 11) is 3.14. The number of halogens is 1. The molecule has 1 aromatic rings. The second kappa shape index (κ2) is 7.31. The lowest BCUT2D eigenvalue weighted by Gasteiger charge is -2.14. The maximum atomic E-state index is 12.0. The Balaban J connectivity index is 1.94. The third-order valence-corrected chi connectivity index (χ3v) is 3.53. The Morgan fingerprint density at radius 1 is 1.45 bits per heavy atom. The first-order valence-electron chi connectivity index (χ1n) is 7.05. The van der Waals surface area contributed by atoms with Gasteiger partial charge in [-0.15, -0.1) is 0 Å². The largest absolute Gasteiger partial charge is 0.496 e. The number of benzene rings is 1. The third-order valence-electron chi connectivity index (χ3n) is 3.30. The maximum absolute atomic E-state index is 12.0. The molecule has 2 rings (SSSR count). The van der Waals surface area contributed by atoms with Crippen LogP contribution in [-0.4, -0.2) is 43.5 Å². The Kier molecular flexibility index (Phi) is 5.44. The van der Waals surface area contributed by atoms with Crippen LogP contribution in [0.5, 0.6) is 5.75 Å². The highest BCUT2D eigenvalue weighted by atomic mass is 35.5. The van der Waals surface area contributed by atoms with Crippen LogP contribution in [0.2, 0.25) is 5.02 Å². The number of hydrogen-bond donors (Lipinski definition) is 1. The second-order valence-electron chi connectivity index (χ2n) is 5.26. The molecule has 0 aromatic heterocycles. The molecule has 0 unspecified atom stereocenters. The third kappa shape index (κ3) is 4.77. The molecule has 1 saturated carbocycles. The van der Waals surface area contributed by atoms with E-state index in [1.165, 1.54) is 11.0 Å². The van der Waals surface area contributed by atoms with E-state index in [2.05, 4.69) is 5.32 Å². The van der Waals surface area contributed by atoms with E-state index in [1.54, 1.807) is 38.4 Å². The van der Waals surface area contributed by atoms with Crippen LogP contribution in [0.3, 0.4) is 0 Å². The van der Waals surface area contributed by atoms with Gasteiger partial charge in [0.2, 0.25) is 11.8 Å². The number of hydrogen-bond acceptors (Lipinski definition) is 3. The molecule has 118 valence electrons. The minimum Gasteiger partial charge on any atom is -0.496 e. The van der Waals surface area contributed by atoms with Gasteiger partial charge in [0.25, 0.3) is 0 Å². The van der Waals surface area contributed by atoms with Crippen LogP contribution in [0.15, 0.2) is 24.3 Å². The highest BCUT2D eigenvalue weighted by Crippen LogP contribution is 2.23. The molecule has 2 amide bonds. The van der Waals surface area contributed by atoms with E-state index in [9.17, 15) is 9.59 Å². The standard InChI is InChI=1S/C16H19ClN2O3/c1-19(10-15(20)18-13-5-6-13)16(21)8-3-11-9-12(17)4-7-14(11)22-2/h3-4,7-9,13H,5-6,10H2,1-2H3,(H,18,20). The summed E-state index contributed by atoms with van der Waals surface area (Å²) < 4.78 is 5.21. The SMILES string of the molecule is COc1ccc(Cl)cc1C=CC(=O)N(C)CC(=O)NC1CC1. The van der Waals surface area contributed by atoms with Gasteiger partial charge in [-0.3, -0.25) is 9.59 Å². The lowest BCUT2D eigenvalue weighted by molar-refractivity contribution is -0.131. The molecule has 1 N–H and O–H groups in total. The fourth-order valence-electron chi connectivity index (χ4n) is 1.92. The second-order valence-corrected chi connectivity index (χ2v) is 5.69. The zero-order valence-corrected chi connectivity index (χ0v) is 13.4. The number of methoxy groups -OCH3 is 1. The van der Waals surface area contributed by atoms with Crippen LogP contribution in [0.1, 0.15) is 18.4 Å². The van der Waals surface area contributed by atoms with Crippen molar-refractivity contribution >= 4 is 29.5 Å². The van der Waals surface area contributed by atoms with Crippen molar-refractivity contribution in [1.82, 2.24) is 10.2 Å². The predicted octanol–water partition coefficient (Wildman–Crippen LogP) is 2.10. The summed E-state index contributed by atoms with van der Waals surface area (Å²) in [6, 6.07) is 5.46. The van der Waals surface area contributed by atoms with Crippen LogP contribution >= 0.6 is 11.6 Å². The quantitative estimate of drug-likeness (QED) is 0.816. The van der Waals surface area contributed by atoms with Crippen molar-refractivity contribution in [2.45, 2.75) is 18.9 Å². The van der Waals surface area contributed by atoms with Crippen molar-refractivity contribution in [2.24, 2.45) is 0 Å². The molecule has 1 fully saturated rings. The molecule has 1 aliphatic carbocycles. The van der Waals surface area contributed by atoms with E-state index in [0.29, 0.717) is 22.4 Å². The number of likely N-dealkylation sites (N-methyl/N-ethyl adjacent to an activating group) is 1. The Labute approximate surface area is 134 Å². The van der Waals surface area contributed by atoms with Gasteiger partial charge in [0, 0.05) is 29.8 Å². The summed E-state index contributed by atoms with van der Waals surface area (Å²) in [4.78, 5) is 25.1. The van der Waals surface area contributed by atoms with Gasteiger partial charge in [0.1, 0.15) is 5.75 Å². The average Bonchev–Trinajstić information content (AvgIpc) is 3.28. The van der Waals surface area contributed by atoms with Crippen molar-refractivity contribution in [2.75, 3.05) is 20.7 Å². The molecule has 6 heteroatoms. The normalized spacial score (nSPS) is 14.0. The number of rotatable bonds is 6. The van der Waals surface area contributed by atoms with Gasteiger partial charge in [-0.2, -0.15) is 0 Å². The van der Waals surface area contributed by atoms with Crippen molar-refractivity contribution in [1.29, 1.82) is 0 Å². The highest BCUT2D eigenvalue weighted by molar-refractivity contribution is 6.30. The summed E-state index contributed by atoms with van der Waals surface area (Å²) in [5, 5.41) is 3.41. The average molecular weight is 323 g/mol. The fourth-order valence-corrected chi connectivity index (χ4v) is 2.10. The minimum atomic E-state index is -0.257. The van der Waals surface area contributed by atoms with Crippen LogP contribution in [0, 0.1) is 0 Å². The van der Waals surface area contributed by atoms with Crippen molar-refractivity contribution in [3.8, 4) is 5.75 Å². The first-order valence-corrected chi connectivity index (χ1v) is 7.43. The lowest BCUT2D eigenvalue weighted by Crippen LogP contribution is -2.38. The Bertz CT molecular complexity index is 597. The smallest absolute Gasteiger partial charge is 0.246 e. The first-order chi connectivity index (χ1) is 10.5. The van der Waals surface area contributed by atoms with Crippen molar-refractivity contribution in [3.63, 3.8) is 0 Å². The lowest BCUT2D eigenvalue weighted by atomic mass is 10.2. The highest BCUT2D eigenvalue weighted by Gasteiger charge is 2.23. The van der Waals surface area contributed by atoms with Crippen LogP contribution in [0.25, 0.3) is 6.08 Å².